The quantitative estimate of drug-likeness (QED) is 0.778. The van der Waals surface area contributed by atoms with Gasteiger partial charge in [-0.1, -0.05) is 0 Å². The Morgan fingerprint density at radius 1 is 1.61 bits per heavy atom. The number of urea groups is 1. The molecule has 0 fully saturated rings. The highest BCUT2D eigenvalue weighted by atomic mass is 16.4. The van der Waals surface area contributed by atoms with Crippen LogP contribution < -0.4 is 5.32 Å². The summed E-state index contributed by atoms with van der Waals surface area (Å²) >= 11 is 0. The molecule has 0 spiro atoms. The Morgan fingerprint density at radius 3 is 2.78 bits per heavy atom. The molecule has 1 unspecified atom stereocenters. The second-order valence-corrected chi connectivity index (χ2v) is 4.13. The zero-order valence-electron chi connectivity index (χ0n) is 10.8. The van der Waals surface area contributed by atoms with E-state index in [1.165, 1.54) is 14.0 Å². The molecule has 2 amide bonds. The van der Waals surface area contributed by atoms with E-state index in [4.69, 9.17) is 5.11 Å². The second-order valence-electron chi connectivity index (χ2n) is 4.13. The predicted molar refractivity (Wildman–Crippen MR) is 65.2 cm³/mol. The molecule has 0 aromatic carbocycles. The Balaban J connectivity index is 2.35. The molecule has 7 nitrogen and oxygen atoms in total. The van der Waals surface area contributed by atoms with Crippen molar-refractivity contribution in [1.82, 2.24) is 20.0 Å². The monoisotopic (exact) mass is 254 g/mol. The fraction of sp³-hybridized carbons (Fsp3) is 0.545. The minimum absolute atomic E-state index is 0.395. The predicted octanol–water partition coefficient (Wildman–Crippen LogP) is 0.0771. The molecular weight excluding hydrogens is 236 g/mol. The van der Waals surface area contributed by atoms with Gasteiger partial charge < -0.3 is 15.3 Å². The van der Waals surface area contributed by atoms with E-state index < -0.39 is 18.0 Å². The van der Waals surface area contributed by atoms with Crippen LogP contribution in [0.1, 0.15) is 12.5 Å². The number of carboxylic acids is 1. The molecule has 0 aliphatic rings. The molecule has 1 rings (SSSR count). The molecule has 0 saturated carbocycles. The largest absolute Gasteiger partial charge is 0.480 e. The molecule has 1 atom stereocenters. The summed E-state index contributed by atoms with van der Waals surface area (Å²) in [5.74, 6) is -1.03. The third kappa shape index (κ3) is 3.76. The van der Waals surface area contributed by atoms with Crippen LogP contribution in [0.4, 0.5) is 4.79 Å². The fourth-order valence-electron chi connectivity index (χ4n) is 1.38. The van der Waals surface area contributed by atoms with Crippen LogP contribution in [0, 0.1) is 0 Å². The van der Waals surface area contributed by atoms with Crippen LogP contribution in [0.25, 0.3) is 0 Å². The van der Waals surface area contributed by atoms with Crippen LogP contribution >= 0.6 is 0 Å². The van der Waals surface area contributed by atoms with Crippen molar-refractivity contribution >= 4 is 12.0 Å². The number of aliphatic carboxylic acids is 1. The van der Waals surface area contributed by atoms with Crippen molar-refractivity contribution in [2.24, 2.45) is 7.05 Å². The van der Waals surface area contributed by atoms with Crippen molar-refractivity contribution < 1.29 is 14.7 Å². The highest BCUT2D eigenvalue weighted by Crippen LogP contribution is 1.98. The Labute approximate surface area is 105 Å². The maximum Gasteiger partial charge on any atom is 0.326 e. The smallest absolute Gasteiger partial charge is 0.326 e. The van der Waals surface area contributed by atoms with Crippen LogP contribution in [0.15, 0.2) is 12.4 Å². The lowest BCUT2D eigenvalue weighted by molar-refractivity contribution is -0.141. The lowest BCUT2D eigenvalue weighted by Gasteiger charge is -2.21. The summed E-state index contributed by atoms with van der Waals surface area (Å²) in [6.07, 6.45) is 4.26. The van der Waals surface area contributed by atoms with Crippen molar-refractivity contribution in [3.8, 4) is 0 Å². The first-order valence-electron chi connectivity index (χ1n) is 5.62. The van der Waals surface area contributed by atoms with Crippen LogP contribution in [0.3, 0.4) is 0 Å². The zero-order valence-corrected chi connectivity index (χ0v) is 10.8. The van der Waals surface area contributed by atoms with Gasteiger partial charge in [0.1, 0.15) is 6.04 Å². The Morgan fingerprint density at radius 2 is 2.28 bits per heavy atom. The van der Waals surface area contributed by atoms with Crippen molar-refractivity contribution in [1.29, 1.82) is 0 Å². The number of rotatable bonds is 5. The van der Waals surface area contributed by atoms with Crippen LogP contribution in [-0.2, 0) is 18.3 Å². The fourth-order valence-corrected chi connectivity index (χ4v) is 1.38. The highest BCUT2D eigenvalue weighted by Gasteiger charge is 2.20. The summed E-state index contributed by atoms with van der Waals surface area (Å²) in [4.78, 5) is 23.5. The number of carboxylic acid groups (broad SMARTS) is 1. The van der Waals surface area contributed by atoms with Crippen LogP contribution in [0.2, 0.25) is 0 Å². The highest BCUT2D eigenvalue weighted by molar-refractivity contribution is 5.82. The number of amides is 2. The van der Waals surface area contributed by atoms with Gasteiger partial charge in [0.25, 0.3) is 0 Å². The van der Waals surface area contributed by atoms with Gasteiger partial charge in [-0.15, -0.1) is 0 Å². The van der Waals surface area contributed by atoms with Gasteiger partial charge >= 0.3 is 12.0 Å². The lowest BCUT2D eigenvalue weighted by atomic mass is 10.2. The number of hydrogen-bond donors (Lipinski definition) is 2. The molecular formula is C11H18N4O3. The molecule has 0 bridgehead atoms. The minimum Gasteiger partial charge on any atom is -0.480 e. The van der Waals surface area contributed by atoms with Gasteiger partial charge in [-0.25, -0.2) is 9.59 Å². The third-order valence-corrected chi connectivity index (χ3v) is 2.71. The molecule has 1 heterocycles. The number of hydrogen-bond acceptors (Lipinski definition) is 3. The summed E-state index contributed by atoms with van der Waals surface area (Å²) < 4.78 is 1.69. The standard InChI is InChI=1S/C11H18N4O3/c1-8(10(16)17)15(3)11(18)12-5-4-9-6-13-14(2)7-9/h6-8H,4-5H2,1-3H3,(H,12,18)(H,16,17). The molecule has 7 heteroatoms. The van der Waals surface area contributed by atoms with E-state index in [0.29, 0.717) is 13.0 Å². The summed E-state index contributed by atoms with van der Waals surface area (Å²) in [6.45, 7) is 1.91. The van der Waals surface area contributed by atoms with Crippen molar-refractivity contribution in [2.45, 2.75) is 19.4 Å². The van der Waals surface area contributed by atoms with Crippen LogP contribution in [0.5, 0.6) is 0 Å². The number of aromatic nitrogens is 2. The van der Waals surface area contributed by atoms with Crippen molar-refractivity contribution in [2.75, 3.05) is 13.6 Å². The molecule has 18 heavy (non-hydrogen) atoms. The topological polar surface area (TPSA) is 87.5 Å². The van der Waals surface area contributed by atoms with Gasteiger partial charge in [-0.3, -0.25) is 4.68 Å². The molecule has 1 aromatic rings. The van der Waals surface area contributed by atoms with E-state index in [-0.39, 0.29) is 0 Å². The number of likely N-dealkylation sites (N-methyl/N-ethyl adjacent to an activating group) is 1. The average Bonchev–Trinajstić information content (AvgIpc) is 2.72. The summed E-state index contributed by atoms with van der Waals surface area (Å²) in [6, 6.07) is -1.24. The number of aryl methyl sites for hydroxylation is 1. The maximum atomic E-state index is 11.6. The van der Waals surface area contributed by atoms with E-state index in [9.17, 15) is 9.59 Å². The maximum absolute atomic E-state index is 11.6. The molecule has 100 valence electrons. The van der Waals surface area contributed by atoms with Gasteiger partial charge in [0.2, 0.25) is 0 Å². The average molecular weight is 254 g/mol. The van der Waals surface area contributed by atoms with E-state index in [1.807, 2.05) is 13.2 Å². The first-order valence-corrected chi connectivity index (χ1v) is 5.62. The number of carbonyl (C=O) groups excluding carboxylic acids is 1. The lowest BCUT2D eigenvalue weighted by Crippen LogP contribution is -2.46. The molecule has 1 aromatic heterocycles. The molecule has 0 radical (unpaired) electrons. The second kappa shape index (κ2) is 6.04. The molecule has 0 aliphatic carbocycles. The molecule has 2 N–H and O–H groups in total. The normalized spacial score (nSPS) is 11.9. The summed E-state index contributed by atoms with van der Waals surface area (Å²) in [5.41, 5.74) is 1.02. The van der Waals surface area contributed by atoms with Gasteiger partial charge in [0.05, 0.1) is 6.20 Å². The first-order chi connectivity index (χ1) is 8.41. The first kappa shape index (κ1) is 14.0. The van der Waals surface area contributed by atoms with E-state index >= 15 is 0 Å². The van der Waals surface area contributed by atoms with Crippen molar-refractivity contribution in [3.05, 3.63) is 18.0 Å². The van der Waals surface area contributed by atoms with E-state index in [2.05, 4.69) is 10.4 Å². The minimum atomic E-state index is -1.03. The third-order valence-electron chi connectivity index (χ3n) is 2.71. The Bertz CT molecular complexity index is 430. The number of carbonyl (C=O) groups is 2. The zero-order chi connectivity index (χ0) is 13.7. The van der Waals surface area contributed by atoms with E-state index in [1.54, 1.807) is 10.9 Å². The number of nitrogens with one attached hydrogen (secondary N) is 1. The van der Waals surface area contributed by atoms with Gasteiger partial charge in [-0.2, -0.15) is 5.10 Å². The number of nitrogens with zero attached hydrogens (tertiary/aromatic N) is 3. The molecule has 0 saturated heterocycles. The summed E-state index contributed by atoms with van der Waals surface area (Å²) in [7, 11) is 3.28. The van der Waals surface area contributed by atoms with Crippen LogP contribution in [-0.4, -0.2) is 51.4 Å². The van der Waals surface area contributed by atoms with Gasteiger partial charge in [0.15, 0.2) is 0 Å². The molecule has 0 aliphatic heterocycles. The summed E-state index contributed by atoms with van der Waals surface area (Å²) in [5, 5.41) is 15.5. The van der Waals surface area contributed by atoms with Gasteiger partial charge in [0, 0.05) is 26.8 Å². The van der Waals surface area contributed by atoms with Gasteiger partial charge in [-0.05, 0) is 18.9 Å². The van der Waals surface area contributed by atoms with Crippen molar-refractivity contribution in [3.63, 3.8) is 0 Å². The Hall–Kier alpha value is -2.05. The van der Waals surface area contributed by atoms with E-state index in [0.717, 1.165) is 10.5 Å². The Kier molecular flexibility index (Phi) is 4.70. The SMILES string of the molecule is CC(C(=O)O)N(C)C(=O)NCCc1cnn(C)c1.